The highest BCUT2D eigenvalue weighted by Gasteiger charge is 2.21. The van der Waals surface area contributed by atoms with E-state index in [1.54, 1.807) is 20.9 Å². The number of rotatable bonds is 6. The van der Waals surface area contributed by atoms with Gasteiger partial charge in [-0.15, -0.1) is 0 Å². The Hall–Kier alpha value is -1.77. The summed E-state index contributed by atoms with van der Waals surface area (Å²) in [5, 5.41) is 17.1. The molecule has 0 aliphatic heterocycles. The van der Waals surface area contributed by atoms with Gasteiger partial charge in [0.15, 0.2) is 0 Å². The molecule has 0 bridgehead atoms. The quantitative estimate of drug-likeness (QED) is 0.755. The number of nitriles is 1. The number of urea groups is 1. The van der Waals surface area contributed by atoms with Crippen LogP contribution in [0.2, 0.25) is 0 Å². The molecular weight excluding hydrogens is 222 g/mol. The van der Waals surface area contributed by atoms with Crippen molar-refractivity contribution in [2.24, 2.45) is 0 Å². The van der Waals surface area contributed by atoms with E-state index in [1.165, 1.54) is 9.80 Å². The Kier molecular flexibility index (Phi) is 6.71. The van der Waals surface area contributed by atoms with E-state index in [2.05, 4.69) is 0 Å². The predicted octanol–water partition coefficient (Wildman–Crippen LogP) is 1.14. The summed E-state index contributed by atoms with van der Waals surface area (Å²) >= 11 is 0. The number of carboxylic acids is 1. The van der Waals surface area contributed by atoms with Gasteiger partial charge in [0, 0.05) is 26.2 Å². The number of nitrogens with zero attached hydrogens (tertiary/aromatic N) is 3. The molecule has 6 heteroatoms. The lowest BCUT2D eigenvalue weighted by molar-refractivity contribution is -0.137. The first-order chi connectivity index (χ1) is 7.93. The number of carbonyl (C=O) groups excluding carboxylic acids is 1. The molecule has 0 saturated heterocycles. The molecule has 2 amide bonds. The molecule has 0 spiro atoms. The molecule has 0 aliphatic carbocycles. The Morgan fingerprint density at radius 2 is 2.06 bits per heavy atom. The standard InChI is InChI=1S/C11H19N3O3/c1-4-14(8-6-10(15)16)11(17)13(3)9(2)5-7-12/h9H,4-6,8H2,1-3H3,(H,15,16). The van der Waals surface area contributed by atoms with Crippen molar-refractivity contribution in [3.8, 4) is 6.07 Å². The highest BCUT2D eigenvalue weighted by molar-refractivity contribution is 5.75. The smallest absolute Gasteiger partial charge is 0.320 e. The molecule has 1 unspecified atom stereocenters. The van der Waals surface area contributed by atoms with E-state index in [0.29, 0.717) is 6.54 Å². The molecule has 0 radical (unpaired) electrons. The first kappa shape index (κ1) is 15.2. The Morgan fingerprint density at radius 1 is 1.47 bits per heavy atom. The lowest BCUT2D eigenvalue weighted by Crippen LogP contribution is -2.45. The first-order valence-electron chi connectivity index (χ1n) is 5.54. The zero-order chi connectivity index (χ0) is 13.4. The van der Waals surface area contributed by atoms with Crippen molar-refractivity contribution in [3.63, 3.8) is 0 Å². The average molecular weight is 241 g/mol. The van der Waals surface area contributed by atoms with Gasteiger partial charge in [0.05, 0.1) is 18.9 Å². The van der Waals surface area contributed by atoms with E-state index in [1.807, 2.05) is 6.07 Å². The summed E-state index contributed by atoms with van der Waals surface area (Å²) in [4.78, 5) is 25.3. The Morgan fingerprint density at radius 3 is 2.47 bits per heavy atom. The largest absolute Gasteiger partial charge is 0.481 e. The van der Waals surface area contributed by atoms with Crippen molar-refractivity contribution in [1.29, 1.82) is 5.26 Å². The first-order valence-corrected chi connectivity index (χ1v) is 5.54. The number of hydrogen-bond donors (Lipinski definition) is 1. The van der Waals surface area contributed by atoms with Crippen LogP contribution in [0.1, 0.15) is 26.7 Å². The summed E-state index contributed by atoms with van der Waals surface area (Å²) in [6.07, 6.45) is 0.193. The summed E-state index contributed by atoms with van der Waals surface area (Å²) in [5.74, 6) is -0.927. The fourth-order valence-corrected chi connectivity index (χ4v) is 1.30. The van der Waals surface area contributed by atoms with Crippen molar-refractivity contribution in [1.82, 2.24) is 9.80 Å². The van der Waals surface area contributed by atoms with Crippen LogP contribution < -0.4 is 0 Å². The predicted molar refractivity (Wildman–Crippen MR) is 62.4 cm³/mol. The highest BCUT2D eigenvalue weighted by Crippen LogP contribution is 2.05. The molecule has 1 atom stereocenters. The minimum absolute atomic E-state index is 0.0694. The molecule has 0 rings (SSSR count). The van der Waals surface area contributed by atoms with Crippen LogP contribution in [0.3, 0.4) is 0 Å². The van der Waals surface area contributed by atoms with Crippen molar-refractivity contribution in [2.75, 3.05) is 20.1 Å². The van der Waals surface area contributed by atoms with Crippen LogP contribution in [0.4, 0.5) is 4.79 Å². The topological polar surface area (TPSA) is 84.6 Å². The van der Waals surface area contributed by atoms with Gasteiger partial charge in [-0.25, -0.2) is 4.79 Å². The maximum Gasteiger partial charge on any atom is 0.320 e. The van der Waals surface area contributed by atoms with Crippen molar-refractivity contribution in [2.45, 2.75) is 32.7 Å². The number of carbonyl (C=O) groups is 2. The monoisotopic (exact) mass is 241 g/mol. The lowest BCUT2D eigenvalue weighted by Gasteiger charge is -2.30. The Labute approximate surface area is 101 Å². The molecule has 0 aromatic heterocycles. The third-order valence-electron chi connectivity index (χ3n) is 2.60. The number of aliphatic carboxylic acids is 1. The fourth-order valence-electron chi connectivity index (χ4n) is 1.30. The summed E-state index contributed by atoms with van der Waals surface area (Å²) < 4.78 is 0. The van der Waals surface area contributed by atoms with Crippen LogP contribution in [-0.2, 0) is 4.79 Å². The number of carboxylic acid groups (broad SMARTS) is 1. The van der Waals surface area contributed by atoms with Gasteiger partial charge in [-0.1, -0.05) is 0 Å². The second kappa shape index (κ2) is 7.49. The zero-order valence-corrected chi connectivity index (χ0v) is 10.5. The molecule has 0 aromatic carbocycles. The SMILES string of the molecule is CCN(CCC(=O)O)C(=O)N(C)C(C)CC#N. The maximum absolute atomic E-state index is 12.0. The maximum atomic E-state index is 12.0. The van der Waals surface area contributed by atoms with Gasteiger partial charge in [0.25, 0.3) is 0 Å². The second-order valence-corrected chi connectivity index (χ2v) is 3.83. The Balaban J connectivity index is 4.42. The average Bonchev–Trinajstić information content (AvgIpc) is 2.28. The summed E-state index contributed by atoms with van der Waals surface area (Å²) in [7, 11) is 1.62. The molecule has 0 aromatic rings. The van der Waals surface area contributed by atoms with E-state index in [4.69, 9.17) is 10.4 Å². The van der Waals surface area contributed by atoms with E-state index >= 15 is 0 Å². The molecule has 1 N–H and O–H groups in total. The van der Waals surface area contributed by atoms with Gasteiger partial charge < -0.3 is 14.9 Å². The summed E-state index contributed by atoms with van der Waals surface area (Å²) in [6.45, 7) is 4.22. The third kappa shape index (κ3) is 5.20. The minimum atomic E-state index is -0.927. The summed E-state index contributed by atoms with van der Waals surface area (Å²) in [5.41, 5.74) is 0. The molecule has 17 heavy (non-hydrogen) atoms. The van der Waals surface area contributed by atoms with E-state index in [-0.39, 0.29) is 31.5 Å². The fraction of sp³-hybridized carbons (Fsp3) is 0.727. The van der Waals surface area contributed by atoms with Crippen LogP contribution in [0.15, 0.2) is 0 Å². The summed E-state index contributed by atoms with van der Waals surface area (Å²) in [6, 6.07) is 1.59. The molecule has 0 fully saturated rings. The molecular formula is C11H19N3O3. The molecule has 0 heterocycles. The van der Waals surface area contributed by atoms with Crippen molar-refractivity contribution >= 4 is 12.0 Å². The number of amides is 2. The van der Waals surface area contributed by atoms with Gasteiger partial charge in [-0.05, 0) is 13.8 Å². The normalized spacial score (nSPS) is 11.4. The van der Waals surface area contributed by atoms with E-state index < -0.39 is 5.97 Å². The molecule has 0 saturated carbocycles. The van der Waals surface area contributed by atoms with Gasteiger partial charge >= 0.3 is 12.0 Å². The molecule has 6 nitrogen and oxygen atoms in total. The van der Waals surface area contributed by atoms with Crippen LogP contribution >= 0.6 is 0 Å². The van der Waals surface area contributed by atoms with E-state index in [0.717, 1.165) is 0 Å². The van der Waals surface area contributed by atoms with E-state index in [9.17, 15) is 9.59 Å². The van der Waals surface area contributed by atoms with Crippen LogP contribution in [0, 0.1) is 11.3 Å². The van der Waals surface area contributed by atoms with Gasteiger partial charge in [-0.3, -0.25) is 4.79 Å². The van der Waals surface area contributed by atoms with Gasteiger partial charge in [-0.2, -0.15) is 5.26 Å². The van der Waals surface area contributed by atoms with Crippen molar-refractivity contribution in [3.05, 3.63) is 0 Å². The number of hydrogen-bond acceptors (Lipinski definition) is 3. The highest BCUT2D eigenvalue weighted by atomic mass is 16.4. The minimum Gasteiger partial charge on any atom is -0.481 e. The van der Waals surface area contributed by atoms with Crippen LogP contribution in [-0.4, -0.2) is 53.1 Å². The van der Waals surface area contributed by atoms with Gasteiger partial charge in [0.2, 0.25) is 0 Å². The van der Waals surface area contributed by atoms with Gasteiger partial charge in [0.1, 0.15) is 0 Å². The zero-order valence-electron chi connectivity index (χ0n) is 10.5. The van der Waals surface area contributed by atoms with Crippen molar-refractivity contribution < 1.29 is 14.7 Å². The Bertz CT molecular complexity index is 312. The second-order valence-electron chi connectivity index (χ2n) is 3.83. The third-order valence-corrected chi connectivity index (χ3v) is 2.60. The molecule has 0 aliphatic rings. The lowest BCUT2D eigenvalue weighted by atomic mass is 10.2. The van der Waals surface area contributed by atoms with Crippen LogP contribution in [0.5, 0.6) is 0 Å². The van der Waals surface area contributed by atoms with Crippen LogP contribution in [0.25, 0.3) is 0 Å². The molecule has 96 valence electrons.